The van der Waals surface area contributed by atoms with Crippen molar-refractivity contribution in [2.75, 3.05) is 25.1 Å². The molecule has 1 aromatic carbocycles. The van der Waals surface area contributed by atoms with Crippen molar-refractivity contribution in [2.24, 2.45) is 0 Å². The lowest BCUT2D eigenvalue weighted by atomic mass is 10.1. The summed E-state index contributed by atoms with van der Waals surface area (Å²) in [5.74, 6) is 0.721. The van der Waals surface area contributed by atoms with Crippen molar-refractivity contribution in [1.82, 2.24) is 10.3 Å². The molecule has 2 N–H and O–H groups in total. The van der Waals surface area contributed by atoms with Gasteiger partial charge in [-0.2, -0.15) is 0 Å². The third kappa shape index (κ3) is 5.75. The van der Waals surface area contributed by atoms with Gasteiger partial charge in [-0.15, -0.1) is 0 Å². The van der Waals surface area contributed by atoms with Crippen molar-refractivity contribution in [3.05, 3.63) is 58.7 Å². The van der Waals surface area contributed by atoms with Gasteiger partial charge in [-0.25, -0.2) is 4.98 Å². The summed E-state index contributed by atoms with van der Waals surface area (Å²) in [6.07, 6.45) is 2.56. The standard InChI is InChI=1S/C24H26ClN3O4/c1-4-10-31-11-9-26-24(30)19-12-21(32-23(19)17-7-5-6-8-20(17)25)18-13-22(28-16(3)29)27-14-15(18)2/h5-8,12-14H,4,9-11H2,1-3H3,(H,26,30)(H,27,28,29). The number of rotatable bonds is 9. The lowest BCUT2D eigenvalue weighted by molar-refractivity contribution is -0.114. The molecule has 0 saturated heterocycles. The Hall–Kier alpha value is -3.16. The molecule has 2 aromatic heterocycles. The van der Waals surface area contributed by atoms with Gasteiger partial charge in [0.2, 0.25) is 5.91 Å². The van der Waals surface area contributed by atoms with Crippen LogP contribution < -0.4 is 10.6 Å². The Kier molecular flexibility index (Phi) is 8.03. The molecule has 0 fully saturated rings. The zero-order valence-electron chi connectivity index (χ0n) is 18.3. The summed E-state index contributed by atoms with van der Waals surface area (Å²) in [5, 5.41) is 6.01. The van der Waals surface area contributed by atoms with E-state index in [4.69, 9.17) is 20.8 Å². The molecule has 3 aromatic rings. The molecule has 0 saturated carbocycles. The molecule has 168 valence electrons. The fourth-order valence-corrected chi connectivity index (χ4v) is 3.38. The van der Waals surface area contributed by atoms with Crippen molar-refractivity contribution < 1.29 is 18.7 Å². The highest BCUT2D eigenvalue weighted by molar-refractivity contribution is 6.33. The van der Waals surface area contributed by atoms with Crippen LogP contribution >= 0.6 is 11.6 Å². The summed E-state index contributed by atoms with van der Waals surface area (Å²) in [7, 11) is 0. The van der Waals surface area contributed by atoms with Crippen molar-refractivity contribution in [2.45, 2.75) is 27.2 Å². The molecule has 7 nitrogen and oxygen atoms in total. The second-order valence-corrected chi connectivity index (χ2v) is 7.67. The van der Waals surface area contributed by atoms with Crippen molar-refractivity contribution in [3.8, 4) is 22.6 Å². The summed E-state index contributed by atoms with van der Waals surface area (Å²) < 4.78 is 11.6. The Balaban J connectivity index is 1.99. The minimum Gasteiger partial charge on any atom is -0.455 e. The quantitative estimate of drug-likeness (QED) is 0.438. The molecule has 8 heteroatoms. The van der Waals surface area contributed by atoms with Crippen LogP contribution in [0.25, 0.3) is 22.6 Å². The van der Waals surface area contributed by atoms with Gasteiger partial charge in [-0.3, -0.25) is 9.59 Å². The van der Waals surface area contributed by atoms with Crippen LogP contribution in [0.4, 0.5) is 5.82 Å². The SMILES string of the molecule is CCCOCCNC(=O)c1cc(-c2cc(NC(C)=O)ncc2C)oc1-c1ccccc1Cl. The number of carbonyl (C=O) groups excluding carboxylic acids is 2. The summed E-state index contributed by atoms with van der Waals surface area (Å²) in [6, 6.07) is 10.6. The fourth-order valence-electron chi connectivity index (χ4n) is 3.15. The summed E-state index contributed by atoms with van der Waals surface area (Å²) >= 11 is 6.40. The van der Waals surface area contributed by atoms with Gasteiger partial charge in [0.1, 0.15) is 17.3 Å². The maximum Gasteiger partial charge on any atom is 0.255 e. The first-order valence-corrected chi connectivity index (χ1v) is 10.8. The minimum atomic E-state index is -0.288. The first-order valence-electron chi connectivity index (χ1n) is 10.4. The number of amides is 2. The van der Waals surface area contributed by atoms with Crippen LogP contribution in [0.3, 0.4) is 0 Å². The predicted molar refractivity (Wildman–Crippen MR) is 125 cm³/mol. The van der Waals surface area contributed by atoms with E-state index in [-0.39, 0.29) is 11.8 Å². The lowest BCUT2D eigenvalue weighted by Crippen LogP contribution is -2.27. The number of aromatic nitrogens is 1. The Bertz CT molecular complexity index is 1110. The van der Waals surface area contributed by atoms with Gasteiger partial charge in [0.15, 0.2) is 0 Å². The molecular weight excluding hydrogens is 430 g/mol. The van der Waals surface area contributed by atoms with Gasteiger partial charge < -0.3 is 19.8 Å². The number of pyridine rings is 1. The molecule has 0 unspecified atom stereocenters. The molecule has 0 aliphatic heterocycles. The highest BCUT2D eigenvalue weighted by atomic mass is 35.5. The summed E-state index contributed by atoms with van der Waals surface area (Å²) in [5.41, 5.74) is 2.52. The maximum absolute atomic E-state index is 13.0. The van der Waals surface area contributed by atoms with Crippen LogP contribution in [0.1, 0.15) is 36.2 Å². The number of ether oxygens (including phenoxy) is 1. The Morgan fingerprint density at radius 2 is 1.94 bits per heavy atom. The van der Waals surface area contributed by atoms with E-state index in [0.29, 0.717) is 58.8 Å². The van der Waals surface area contributed by atoms with Crippen LogP contribution in [0.2, 0.25) is 5.02 Å². The maximum atomic E-state index is 13.0. The topological polar surface area (TPSA) is 93.5 Å². The number of anilines is 1. The number of halogens is 1. The highest BCUT2D eigenvalue weighted by Crippen LogP contribution is 2.37. The predicted octanol–water partition coefficient (Wildman–Crippen LogP) is 5.09. The number of hydrogen-bond donors (Lipinski definition) is 2. The number of nitrogens with zero attached hydrogens (tertiary/aromatic N) is 1. The van der Waals surface area contributed by atoms with Crippen LogP contribution in [0.5, 0.6) is 0 Å². The van der Waals surface area contributed by atoms with E-state index in [1.807, 2.05) is 26.0 Å². The molecule has 0 atom stereocenters. The number of furan rings is 1. The van der Waals surface area contributed by atoms with Gasteiger partial charge in [-0.05, 0) is 43.2 Å². The average molecular weight is 456 g/mol. The van der Waals surface area contributed by atoms with Gasteiger partial charge in [0.05, 0.1) is 17.2 Å². The molecule has 0 radical (unpaired) electrons. The highest BCUT2D eigenvalue weighted by Gasteiger charge is 2.22. The van der Waals surface area contributed by atoms with E-state index in [2.05, 4.69) is 15.6 Å². The zero-order chi connectivity index (χ0) is 23.1. The van der Waals surface area contributed by atoms with Crippen LogP contribution in [-0.4, -0.2) is 36.6 Å². The van der Waals surface area contributed by atoms with E-state index < -0.39 is 0 Å². The minimum absolute atomic E-state index is 0.228. The average Bonchev–Trinajstić information content (AvgIpc) is 3.20. The Morgan fingerprint density at radius 3 is 2.66 bits per heavy atom. The van der Waals surface area contributed by atoms with Gasteiger partial charge in [0.25, 0.3) is 5.91 Å². The van der Waals surface area contributed by atoms with Crippen molar-refractivity contribution in [1.29, 1.82) is 0 Å². The third-order valence-corrected chi connectivity index (χ3v) is 4.98. The monoisotopic (exact) mass is 455 g/mol. The number of benzene rings is 1. The van der Waals surface area contributed by atoms with Crippen LogP contribution in [0.15, 0.2) is 47.0 Å². The summed E-state index contributed by atoms with van der Waals surface area (Å²) in [6.45, 7) is 6.77. The van der Waals surface area contributed by atoms with E-state index in [0.717, 1.165) is 12.0 Å². The molecule has 2 amide bonds. The van der Waals surface area contributed by atoms with E-state index in [1.165, 1.54) is 6.92 Å². The molecule has 2 heterocycles. The zero-order valence-corrected chi connectivity index (χ0v) is 19.1. The molecule has 3 rings (SSSR count). The molecule has 0 aliphatic carbocycles. The van der Waals surface area contributed by atoms with Crippen LogP contribution in [-0.2, 0) is 9.53 Å². The van der Waals surface area contributed by atoms with Gasteiger partial charge in [0, 0.05) is 37.4 Å². The normalized spacial score (nSPS) is 10.8. The molecule has 0 aliphatic rings. The van der Waals surface area contributed by atoms with Gasteiger partial charge in [-0.1, -0.05) is 30.7 Å². The number of nitrogens with one attached hydrogen (secondary N) is 2. The molecule has 0 bridgehead atoms. The fraction of sp³-hybridized carbons (Fsp3) is 0.292. The summed E-state index contributed by atoms with van der Waals surface area (Å²) in [4.78, 5) is 28.6. The van der Waals surface area contributed by atoms with E-state index >= 15 is 0 Å². The lowest BCUT2D eigenvalue weighted by Gasteiger charge is -2.07. The number of hydrogen-bond acceptors (Lipinski definition) is 5. The molecule has 0 spiro atoms. The first kappa shape index (κ1) is 23.5. The largest absolute Gasteiger partial charge is 0.455 e. The number of carbonyl (C=O) groups is 2. The van der Waals surface area contributed by atoms with E-state index in [9.17, 15) is 9.59 Å². The second kappa shape index (κ2) is 10.9. The van der Waals surface area contributed by atoms with Gasteiger partial charge >= 0.3 is 0 Å². The molecular formula is C24H26ClN3O4. The van der Waals surface area contributed by atoms with Crippen molar-refractivity contribution >= 4 is 29.2 Å². The Morgan fingerprint density at radius 1 is 1.16 bits per heavy atom. The number of aryl methyl sites for hydroxylation is 1. The smallest absolute Gasteiger partial charge is 0.255 e. The Labute approximate surface area is 192 Å². The van der Waals surface area contributed by atoms with Crippen LogP contribution in [0, 0.1) is 6.92 Å². The molecule has 32 heavy (non-hydrogen) atoms. The second-order valence-electron chi connectivity index (χ2n) is 7.27. The third-order valence-electron chi connectivity index (χ3n) is 4.65. The van der Waals surface area contributed by atoms with Crippen molar-refractivity contribution in [3.63, 3.8) is 0 Å². The first-order chi connectivity index (χ1) is 15.4. The van der Waals surface area contributed by atoms with E-state index in [1.54, 1.807) is 30.5 Å².